The zero-order valence-electron chi connectivity index (χ0n) is 30.5. The Morgan fingerprint density at radius 1 is 1.06 bits per heavy atom. The molecule has 0 bridgehead atoms. The number of carbonyl (C=O) groups is 3. The summed E-state index contributed by atoms with van der Waals surface area (Å²) in [5.74, 6) is -3.92. The summed E-state index contributed by atoms with van der Waals surface area (Å²) in [5, 5.41) is 18.2. The predicted molar refractivity (Wildman–Crippen MR) is 192 cm³/mol. The number of aliphatic hydroxyl groups is 1. The maximum Gasteiger partial charge on any atom is 0.471 e. The molecule has 1 aromatic carbocycles. The van der Waals surface area contributed by atoms with Crippen LogP contribution in [-0.2, 0) is 25.6 Å². The molecule has 0 saturated heterocycles. The zero-order valence-corrected chi connectivity index (χ0v) is 30.5. The minimum atomic E-state index is -5.26. The Hall–Kier alpha value is -4.72. The number of anilines is 2. The van der Waals surface area contributed by atoms with E-state index in [2.05, 4.69) is 35.9 Å². The molecular formula is C35H48F3N9O7. The maximum atomic E-state index is 13.7. The molecule has 1 saturated carbocycles. The first-order chi connectivity index (χ1) is 25.6. The van der Waals surface area contributed by atoms with Gasteiger partial charge in [-0.25, -0.2) is 9.97 Å². The predicted octanol–water partition coefficient (Wildman–Crippen LogP) is 2.86. The van der Waals surface area contributed by atoms with Gasteiger partial charge < -0.3 is 36.3 Å². The van der Waals surface area contributed by atoms with Crippen molar-refractivity contribution in [2.24, 2.45) is 11.7 Å². The quantitative estimate of drug-likeness (QED) is 0.0813. The number of rotatable bonds is 18. The second-order valence-electron chi connectivity index (χ2n) is 13.4. The van der Waals surface area contributed by atoms with Crippen molar-refractivity contribution in [3.63, 3.8) is 0 Å². The average Bonchev–Trinajstić information content (AvgIpc) is 3.14. The highest BCUT2D eigenvalue weighted by Crippen LogP contribution is 2.32. The first-order valence-corrected chi connectivity index (χ1v) is 17.9. The third kappa shape index (κ3) is 11.9. The molecule has 2 atom stereocenters. The van der Waals surface area contributed by atoms with Crippen LogP contribution in [0.25, 0.3) is 11.2 Å². The van der Waals surface area contributed by atoms with E-state index in [0.29, 0.717) is 31.0 Å². The second-order valence-corrected chi connectivity index (χ2v) is 13.4. The topological polar surface area (TPSA) is 227 Å². The molecule has 54 heavy (non-hydrogen) atoms. The number of nitrogens with two attached hydrogens (primary N) is 1. The molecule has 0 radical (unpaired) electrons. The summed E-state index contributed by atoms with van der Waals surface area (Å²) >= 11 is 0. The number of halogens is 3. The molecule has 1 aliphatic carbocycles. The van der Waals surface area contributed by atoms with Crippen LogP contribution in [0.3, 0.4) is 0 Å². The number of nitrogens with one attached hydrogen (secondary N) is 4. The highest BCUT2D eigenvalue weighted by Gasteiger charge is 2.43. The van der Waals surface area contributed by atoms with E-state index in [-0.39, 0.29) is 58.9 Å². The van der Waals surface area contributed by atoms with Gasteiger partial charge in [0.05, 0.1) is 31.6 Å². The average molecular weight is 764 g/mol. The summed E-state index contributed by atoms with van der Waals surface area (Å²) in [5.41, 5.74) is 4.15. The molecule has 1 aliphatic rings. The van der Waals surface area contributed by atoms with E-state index in [1.807, 2.05) is 0 Å². The molecule has 1 unspecified atom stereocenters. The fraction of sp³-hybridized carbons (Fsp3) is 0.571. The van der Waals surface area contributed by atoms with Gasteiger partial charge in [-0.1, -0.05) is 20.3 Å². The van der Waals surface area contributed by atoms with Gasteiger partial charge in [0.15, 0.2) is 17.0 Å². The molecule has 3 aromatic rings. The van der Waals surface area contributed by atoms with E-state index < -0.39 is 48.2 Å². The van der Waals surface area contributed by atoms with Crippen LogP contribution in [-0.4, -0.2) is 93.3 Å². The number of aromatic nitrogens is 4. The number of hydrogen-bond donors (Lipinski definition) is 6. The number of H-pyrrole nitrogens is 1. The smallest absolute Gasteiger partial charge is 0.373 e. The molecule has 0 aliphatic heterocycles. The number of nitrogens with zero attached hydrogens (tertiary/aromatic N) is 4. The Labute approximate surface area is 309 Å². The van der Waals surface area contributed by atoms with E-state index >= 15 is 0 Å². The molecule has 16 nitrogen and oxygen atoms in total. The first-order valence-electron chi connectivity index (χ1n) is 17.9. The summed E-state index contributed by atoms with van der Waals surface area (Å²) in [7, 11) is 0. The van der Waals surface area contributed by atoms with Crippen LogP contribution in [0, 0.1) is 5.92 Å². The van der Waals surface area contributed by atoms with Crippen LogP contribution >= 0.6 is 0 Å². The van der Waals surface area contributed by atoms with Crippen LogP contribution in [0.4, 0.5) is 24.8 Å². The Balaban J connectivity index is 1.33. The fourth-order valence-electron chi connectivity index (χ4n) is 5.70. The van der Waals surface area contributed by atoms with E-state index in [9.17, 15) is 37.5 Å². The maximum absolute atomic E-state index is 13.7. The van der Waals surface area contributed by atoms with Crippen molar-refractivity contribution < 1.29 is 42.1 Å². The van der Waals surface area contributed by atoms with E-state index in [4.69, 9.17) is 15.2 Å². The number of ether oxygens (including phenoxy) is 2. The lowest BCUT2D eigenvalue weighted by molar-refractivity contribution is -0.250. The van der Waals surface area contributed by atoms with Crippen LogP contribution in [0.5, 0.6) is 0 Å². The Bertz CT molecular complexity index is 1780. The van der Waals surface area contributed by atoms with Gasteiger partial charge in [-0.15, -0.1) is 0 Å². The van der Waals surface area contributed by atoms with Gasteiger partial charge in [-0.2, -0.15) is 18.2 Å². The molecule has 1 fully saturated rings. The van der Waals surface area contributed by atoms with Gasteiger partial charge in [0.2, 0.25) is 11.9 Å². The summed E-state index contributed by atoms with van der Waals surface area (Å²) in [6.45, 7) is 5.82. The lowest BCUT2D eigenvalue weighted by Gasteiger charge is -2.37. The van der Waals surface area contributed by atoms with Crippen LogP contribution in [0.1, 0.15) is 81.8 Å². The van der Waals surface area contributed by atoms with Crippen LogP contribution in [0.2, 0.25) is 0 Å². The van der Waals surface area contributed by atoms with Crippen molar-refractivity contribution in [1.29, 1.82) is 0 Å². The van der Waals surface area contributed by atoms with Crippen molar-refractivity contribution in [1.82, 2.24) is 30.6 Å². The summed E-state index contributed by atoms with van der Waals surface area (Å²) in [6.07, 6.45) is -0.0990. The second kappa shape index (κ2) is 19.0. The van der Waals surface area contributed by atoms with Crippen molar-refractivity contribution in [3.8, 4) is 0 Å². The molecule has 296 valence electrons. The molecule has 3 amide bonds. The monoisotopic (exact) mass is 763 g/mol. The summed E-state index contributed by atoms with van der Waals surface area (Å²) in [6, 6.07) is 4.46. The van der Waals surface area contributed by atoms with Crippen molar-refractivity contribution in [2.75, 3.05) is 36.5 Å². The Kier molecular flexibility index (Phi) is 14.8. The molecule has 0 spiro atoms. The number of alkyl halides is 3. The number of aromatic amines is 1. The van der Waals surface area contributed by atoms with Gasteiger partial charge in [0.25, 0.3) is 11.5 Å². The molecule has 7 N–H and O–H groups in total. The normalized spacial score (nSPS) is 15.4. The molecule has 2 aromatic heterocycles. The lowest BCUT2D eigenvalue weighted by Crippen LogP contribution is -2.41. The lowest BCUT2D eigenvalue weighted by atomic mass is 9.94. The van der Waals surface area contributed by atoms with Gasteiger partial charge in [-0.05, 0) is 56.4 Å². The van der Waals surface area contributed by atoms with Crippen LogP contribution < -0.4 is 32.1 Å². The standard InChI is InChI=1S/C35H48F3N9O7/c1-21(2)29(49)45-33-44-28-27(31(51)46-33)43-24(19-41-28)20-47(32(52)35(36,37)38)25-10-8-23(9-11-25)30(50)42-22(3)7-12-26(48)40-16-18-54-34(53-17-15-39)13-5-4-6-14-34/h8-11,19,21-22,29,49H,4-7,12-18,20,39H2,1-3H3,(H,40,48)(H,42,50)(H2,41,44,45,46,51)/t22-,29?/m1/s1. The number of aliphatic hydroxyl groups excluding tert-OH is 1. The third-order valence-electron chi connectivity index (χ3n) is 8.70. The SMILES string of the molecule is CC(C)C(O)Nc1nc2ncc(CN(C(=O)C(F)(F)F)c3ccc(C(=O)N[C@H](C)CCC(=O)NCCOC4(OCCN)CCCCC4)cc3)nc2c(=O)[nH]1. The minimum absolute atomic E-state index is 0.0803. The molecule has 2 heterocycles. The highest BCUT2D eigenvalue weighted by molar-refractivity contribution is 5.98. The number of fused-ring (bicyclic) bond motifs is 1. The van der Waals surface area contributed by atoms with Gasteiger partial charge >= 0.3 is 12.1 Å². The fourth-order valence-corrected chi connectivity index (χ4v) is 5.70. The van der Waals surface area contributed by atoms with Gasteiger partial charge in [-0.3, -0.25) is 29.1 Å². The first kappa shape index (κ1) is 42.0. The zero-order chi connectivity index (χ0) is 39.5. The number of hydrogen-bond acceptors (Lipinski definition) is 12. The number of carbonyl (C=O) groups excluding carboxylic acids is 3. The summed E-state index contributed by atoms with van der Waals surface area (Å²) < 4.78 is 53.0. The highest BCUT2D eigenvalue weighted by atomic mass is 19.4. The van der Waals surface area contributed by atoms with Crippen LogP contribution in [0.15, 0.2) is 35.3 Å². The van der Waals surface area contributed by atoms with Gasteiger partial charge in [0, 0.05) is 49.6 Å². The van der Waals surface area contributed by atoms with E-state index in [0.717, 1.165) is 38.3 Å². The van der Waals surface area contributed by atoms with Gasteiger partial charge in [0.1, 0.15) is 6.23 Å². The Morgan fingerprint density at radius 3 is 2.39 bits per heavy atom. The van der Waals surface area contributed by atoms with E-state index in [1.54, 1.807) is 20.8 Å². The van der Waals surface area contributed by atoms with E-state index in [1.165, 1.54) is 24.3 Å². The largest absolute Gasteiger partial charge is 0.471 e. The minimum Gasteiger partial charge on any atom is -0.373 e. The molecule has 4 rings (SSSR count). The summed E-state index contributed by atoms with van der Waals surface area (Å²) in [4.78, 5) is 65.6. The van der Waals surface area contributed by atoms with Crippen molar-refractivity contribution in [2.45, 2.75) is 96.5 Å². The molecular weight excluding hydrogens is 715 g/mol. The number of amides is 3. The Morgan fingerprint density at radius 2 is 1.74 bits per heavy atom. The number of benzene rings is 1. The van der Waals surface area contributed by atoms with Crippen molar-refractivity contribution in [3.05, 3.63) is 52.1 Å². The molecule has 19 heteroatoms. The third-order valence-corrected chi connectivity index (χ3v) is 8.70. The van der Waals surface area contributed by atoms with Crippen molar-refractivity contribution >= 4 is 40.5 Å².